The van der Waals surface area contributed by atoms with Crippen molar-refractivity contribution in [1.29, 1.82) is 0 Å². The van der Waals surface area contributed by atoms with Crippen LogP contribution in [0.1, 0.15) is 22.8 Å². The molecule has 1 N–H and O–H groups in total. The van der Waals surface area contributed by atoms with Gasteiger partial charge in [-0.15, -0.1) is 0 Å². The van der Waals surface area contributed by atoms with E-state index in [4.69, 9.17) is 0 Å². The van der Waals surface area contributed by atoms with Crippen LogP contribution >= 0.6 is 0 Å². The largest absolute Gasteiger partial charge is 0.504 e. The third kappa shape index (κ3) is 2.34. The minimum absolute atomic E-state index is 0.0114. The summed E-state index contributed by atoms with van der Waals surface area (Å²) >= 11 is 0. The second kappa shape index (κ2) is 4.81. The molecule has 0 amide bonds. The summed E-state index contributed by atoms with van der Waals surface area (Å²) in [6.45, 7) is 1.84. The fourth-order valence-corrected chi connectivity index (χ4v) is 1.88. The number of aromatic hydroxyl groups is 1. The summed E-state index contributed by atoms with van der Waals surface area (Å²) in [6, 6.07) is 1.65. The fourth-order valence-electron chi connectivity index (χ4n) is 1.88. The summed E-state index contributed by atoms with van der Waals surface area (Å²) in [5, 5.41) is 10.1. The van der Waals surface area contributed by atoms with Crippen LogP contribution in [0.5, 0.6) is 5.75 Å². The van der Waals surface area contributed by atoms with Crippen LogP contribution in [0.25, 0.3) is 5.65 Å². The molecule has 0 fully saturated rings. The predicted octanol–water partition coefficient (Wildman–Crippen LogP) is 0.664. The van der Waals surface area contributed by atoms with Crippen LogP contribution < -0.4 is 5.56 Å². The van der Waals surface area contributed by atoms with Gasteiger partial charge in [0.25, 0.3) is 5.56 Å². The zero-order chi connectivity index (χ0) is 14.2. The molecule has 0 aliphatic carbocycles. The Morgan fingerprint density at radius 3 is 2.74 bits per heavy atom. The quantitative estimate of drug-likeness (QED) is 0.822. The van der Waals surface area contributed by atoms with Gasteiger partial charge in [0.2, 0.25) is 0 Å². The van der Waals surface area contributed by atoms with Crippen molar-refractivity contribution in [2.24, 2.45) is 0 Å². The first-order chi connectivity index (χ1) is 8.91. The lowest BCUT2D eigenvalue weighted by atomic mass is 10.2. The van der Waals surface area contributed by atoms with E-state index >= 15 is 0 Å². The van der Waals surface area contributed by atoms with Crippen molar-refractivity contribution < 1.29 is 9.90 Å². The number of rotatable bonds is 3. The van der Waals surface area contributed by atoms with Crippen LogP contribution in [-0.2, 0) is 6.54 Å². The summed E-state index contributed by atoms with van der Waals surface area (Å²) in [7, 11) is 3.75. The second-order valence-electron chi connectivity index (χ2n) is 4.65. The molecule has 0 aliphatic rings. The third-order valence-electron chi connectivity index (χ3n) is 2.80. The molecule has 6 heteroatoms. The van der Waals surface area contributed by atoms with Gasteiger partial charge in [0.15, 0.2) is 17.2 Å². The van der Waals surface area contributed by atoms with Gasteiger partial charge in [0, 0.05) is 24.5 Å². The van der Waals surface area contributed by atoms with Crippen molar-refractivity contribution in [3.63, 3.8) is 0 Å². The highest BCUT2D eigenvalue weighted by molar-refractivity contribution is 5.93. The van der Waals surface area contributed by atoms with Gasteiger partial charge in [-0.2, -0.15) is 0 Å². The molecule has 0 aromatic carbocycles. The van der Waals surface area contributed by atoms with Gasteiger partial charge in [-0.1, -0.05) is 0 Å². The Hall–Kier alpha value is -2.21. The van der Waals surface area contributed by atoms with Crippen LogP contribution in [0.2, 0.25) is 0 Å². The molecule has 2 heterocycles. The average molecular weight is 261 g/mol. The standard InChI is InChI=1S/C13H15N3O3/c1-8(17)10-6-14-12-11(18)9(7-15(2)3)4-5-16(12)13(10)19/h4-6,18H,7H2,1-3H3. The van der Waals surface area contributed by atoms with Gasteiger partial charge in [0.1, 0.15) is 5.56 Å². The lowest BCUT2D eigenvalue weighted by Crippen LogP contribution is -2.22. The van der Waals surface area contributed by atoms with E-state index < -0.39 is 5.56 Å². The molecule has 0 saturated carbocycles. The number of pyridine rings is 1. The van der Waals surface area contributed by atoms with Crippen molar-refractivity contribution in [3.8, 4) is 5.75 Å². The first-order valence-electron chi connectivity index (χ1n) is 5.79. The van der Waals surface area contributed by atoms with Gasteiger partial charge >= 0.3 is 0 Å². The minimum atomic E-state index is -0.468. The van der Waals surface area contributed by atoms with E-state index in [2.05, 4.69) is 4.98 Å². The number of aromatic nitrogens is 2. The lowest BCUT2D eigenvalue weighted by Gasteiger charge is -2.12. The Morgan fingerprint density at radius 1 is 1.47 bits per heavy atom. The van der Waals surface area contributed by atoms with Crippen LogP contribution in [-0.4, -0.2) is 39.3 Å². The summed E-state index contributed by atoms with van der Waals surface area (Å²) in [4.78, 5) is 29.2. The molecular weight excluding hydrogens is 246 g/mol. The normalized spacial score (nSPS) is 11.2. The molecule has 0 unspecified atom stereocenters. The second-order valence-corrected chi connectivity index (χ2v) is 4.65. The van der Waals surface area contributed by atoms with Crippen LogP contribution in [0.3, 0.4) is 0 Å². The van der Waals surface area contributed by atoms with Gasteiger partial charge in [-0.05, 0) is 27.1 Å². The van der Waals surface area contributed by atoms with Gasteiger partial charge in [0.05, 0.1) is 0 Å². The van der Waals surface area contributed by atoms with E-state index in [0.29, 0.717) is 12.1 Å². The molecular formula is C13H15N3O3. The van der Waals surface area contributed by atoms with E-state index in [1.165, 1.54) is 23.7 Å². The number of hydrogen-bond donors (Lipinski definition) is 1. The maximum absolute atomic E-state index is 12.0. The fraction of sp³-hybridized carbons (Fsp3) is 0.308. The first kappa shape index (κ1) is 13.2. The smallest absolute Gasteiger partial charge is 0.268 e. The molecule has 0 bridgehead atoms. The van der Waals surface area contributed by atoms with E-state index in [0.717, 1.165) is 0 Å². The molecule has 2 aromatic rings. The average Bonchev–Trinajstić information content (AvgIpc) is 2.32. The SMILES string of the molecule is CC(=O)c1cnc2c(O)c(CN(C)C)ccn2c1=O. The van der Waals surface area contributed by atoms with Crippen molar-refractivity contribution in [1.82, 2.24) is 14.3 Å². The predicted molar refractivity (Wildman–Crippen MR) is 70.5 cm³/mol. The number of carbonyl (C=O) groups excluding carboxylic acids is 1. The van der Waals surface area contributed by atoms with Crippen molar-refractivity contribution >= 4 is 11.4 Å². The van der Waals surface area contributed by atoms with Gasteiger partial charge in [-0.25, -0.2) is 4.98 Å². The Balaban J connectivity index is 2.69. The maximum atomic E-state index is 12.0. The topological polar surface area (TPSA) is 74.9 Å². The highest BCUT2D eigenvalue weighted by Gasteiger charge is 2.13. The lowest BCUT2D eigenvalue weighted by molar-refractivity contribution is 0.101. The van der Waals surface area contributed by atoms with Crippen LogP contribution in [0, 0.1) is 0 Å². The summed E-state index contributed by atoms with van der Waals surface area (Å²) in [6.07, 6.45) is 2.73. The molecule has 0 saturated heterocycles. The molecule has 19 heavy (non-hydrogen) atoms. The number of Topliss-reactive ketones (excluding diaryl/α,β-unsaturated/α-hetero) is 1. The molecule has 0 atom stereocenters. The number of fused-ring (bicyclic) bond motifs is 1. The zero-order valence-corrected chi connectivity index (χ0v) is 11.0. The molecule has 0 aliphatic heterocycles. The van der Waals surface area contributed by atoms with Crippen molar-refractivity contribution in [3.05, 3.63) is 39.9 Å². The Bertz CT molecular complexity index is 704. The molecule has 100 valence electrons. The maximum Gasteiger partial charge on any atom is 0.268 e. The molecule has 6 nitrogen and oxygen atoms in total. The van der Waals surface area contributed by atoms with E-state index in [1.54, 1.807) is 6.07 Å². The Kier molecular flexibility index (Phi) is 3.35. The highest BCUT2D eigenvalue weighted by atomic mass is 16.3. The minimum Gasteiger partial charge on any atom is -0.504 e. The van der Waals surface area contributed by atoms with Crippen molar-refractivity contribution in [2.75, 3.05) is 14.1 Å². The van der Waals surface area contributed by atoms with Crippen LogP contribution in [0.4, 0.5) is 0 Å². The van der Waals surface area contributed by atoms with Crippen LogP contribution in [0.15, 0.2) is 23.3 Å². The summed E-state index contributed by atoms with van der Waals surface area (Å²) in [5.74, 6) is -0.382. The first-order valence-corrected chi connectivity index (χ1v) is 5.79. The molecule has 2 aromatic heterocycles. The van der Waals surface area contributed by atoms with Gasteiger partial charge < -0.3 is 10.0 Å². The number of ketones is 1. The molecule has 0 spiro atoms. The number of carbonyl (C=O) groups is 1. The van der Waals surface area contributed by atoms with E-state index in [9.17, 15) is 14.7 Å². The van der Waals surface area contributed by atoms with Crippen molar-refractivity contribution in [2.45, 2.75) is 13.5 Å². The van der Waals surface area contributed by atoms with E-state index in [1.807, 2.05) is 19.0 Å². The third-order valence-corrected chi connectivity index (χ3v) is 2.80. The Labute approximate surface area is 109 Å². The van der Waals surface area contributed by atoms with Gasteiger partial charge in [-0.3, -0.25) is 14.0 Å². The summed E-state index contributed by atoms with van der Waals surface area (Å²) in [5.41, 5.74) is 0.378. The monoisotopic (exact) mass is 261 g/mol. The number of hydrogen-bond acceptors (Lipinski definition) is 5. The van der Waals surface area contributed by atoms with E-state index in [-0.39, 0.29) is 22.7 Å². The molecule has 2 rings (SSSR count). The number of nitrogens with zero attached hydrogens (tertiary/aromatic N) is 3. The Morgan fingerprint density at radius 2 is 2.16 bits per heavy atom. The summed E-state index contributed by atoms with van der Waals surface area (Å²) < 4.78 is 1.19. The molecule has 0 radical (unpaired) electrons. The zero-order valence-electron chi connectivity index (χ0n) is 11.0. The highest BCUT2D eigenvalue weighted by Crippen LogP contribution is 2.21.